The minimum absolute atomic E-state index is 0.408. The molecule has 0 spiro atoms. The summed E-state index contributed by atoms with van der Waals surface area (Å²) in [4.78, 5) is 10.8. The molecule has 2 N–H and O–H groups in total. The third-order valence-electron chi connectivity index (χ3n) is 1.85. The van der Waals surface area contributed by atoms with Crippen LogP contribution in [-0.2, 0) is 9.53 Å². The van der Waals surface area contributed by atoms with E-state index in [1.165, 1.54) is 13.2 Å². The van der Waals surface area contributed by atoms with Gasteiger partial charge in [0.25, 0.3) is 0 Å². The molecule has 0 amide bonds. The van der Waals surface area contributed by atoms with Crippen LogP contribution in [0.4, 0.5) is 0 Å². The van der Waals surface area contributed by atoms with Crippen molar-refractivity contribution in [1.82, 2.24) is 0 Å². The lowest BCUT2D eigenvalue weighted by atomic mass is 9.80. The van der Waals surface area contributed by atoms with Crippen LogP contribution in [-0.4, -0.2) is 30.2 Å². The molecule has 15 heavy (non-hydrogen) atoms. The maximum Gasteiger partial charge on any atom is 0.488 e. The highest BCUT2D eigenvalue weighted by atomic mass is 16.5. The van der Waals surface area contributed by atoms with Crippen LogP contribution in [0.25, 0.3) is 6.08 Å². The molecule has 0 heterocycles. The summed E-state index contributed by atoms with van der Waals surface area (Å²) in [6.45, 7) is 0. The highest BCUT2D eigenvalue weighted by Gasteiger charge is 2.08. The van der Waals surface area contributed by atoms with Crippen molar-refractivity contribution < 1.29 is 19.6 Å². The summed E-state index contributed by atoms with van der Waals surface area (Å²) < 4.78 is 4.43. The molecule has 0 atom stereocenters. The molecule has 0 bridgehead atoms. The van der Waals surface area contributed by atoms with Gasteiger partial charge in [-0.1, -0.05) is 24.3 Å². The standard InChI is InChI=1S/C10H11BO4/c1-15-10(12)7-4-8-2-5-9(6-3-8)11(13)14/h2-7,13-14H,1H3/b7-4-. The molecule has 0 aliphatic carbocycles. The zero-order valence-corrected chi connectivity index (χ0v) is 8.25. The molecule has 0 aliphatic rings. The molecule has 1 rings (SSSR count). The summed E-state index contributed by atoms with van der Waals surface area (Å²) in [6.07, 6.45) is 2.88. The smallest absolute Gasteiger partial charge is 0.466 e. The van der Waals surface area contributed by atoms with Crippen molar-refractivity contribution in [3.05, 3.63) is 35.9 Å². The summed E-state index contributed by atoms with van der Waals surface area (Å²) in [7, 11) is -0.165. The topological polar surface area (TPSA) is 66.8 Å². The highest BCUT2D eigenvalue weighted by molar-refractivity contribution is 6.58. The number of methoxy groups -OCH3 is 1. The summed E-state index contributed by atoms with van der Waals surface area (Å²) in [6, 6.07) is 6.49. The number of esters is 1. The SMILES string of the molecule is COC(=O)/C=C\c1ccc(B(O)O)cc1. The molecule has 0 aliphatic heterocycles. The van der Waals surface area contributed by atoms with E-state index in [2.05, 4.69) is 4.74 Å². The highest BCUT2D eigenvalue weighted by Crippen LogP contribution is 2.00. The van der Waals surface area contributed by atoms with Crippen molar-refractivity contribution in [1.29, 1.82) is 0 Å². The third kappa shape index (κ3) is 3.57. The van der Waals surface area contributed by atoms with Crippen molar-refractivity contribution in [2.45, 2.75) is 0 Å². The van der Waals surface area contributed by atoms with Gasteiger partial charge in [-0.3, -0.25) is 0 Å². The molecule has 0 unspecified atom stereocenters. The van der Waals surface area contributed by atoms with Gasteiger partial charge in [-0.05, 0) is 17.1 Å². The zero-order chi connectivity index (χ0) is 11.3. The summed E-state index contributed by atoms with van der Waals surface area (Å²) in [5.41, 5.74) is 1.19. The summed E-state index contributed by atoms with van der Waals surface area (Å²) in [5.74, 6) is -0.429. The van der Waals surface area contributed by atoms with Gasteiger partial charge >= 0.3 is 13.1 Å². The molecule has 0 radical (unpaired) electrons. The van der Waals surface area contributed by atoms with E-state index in [4.69, 9.17) is 10.0 Å². The first-order chi connectivity index (χ1) is 7.13. The Labute approximate surface area is 88.0 Å². The van der Waals surface area contributed by atoms with Crippen LogP contribution in [0.2, 0.25) is 0 Å². The minimum atomic E-state index is -1.47. The second-order valence-corrected chi connectivity index (χ2v) is 2.90. The Hall–Kier alpha value is -1.59. The van der Waals surface area contributed by atoms with E-state index >= 15 is 0 Å². The average Bonchev–Trinajstić information content (AvgIpc) is 2.26. The van der Waals surface area contributed by atoms with Crippen molar-refractivity contribution in [3.8, 4) is 0 Å². The van der Waals surface area contributed by atoms with Crippen LogP contribution in [0.3, 0.4) is 0 Å². The normalized spacial score (nSPS) is 10.3. The Morgan fingerprint density at radius 3 is 2.40 bits per heavy atom. The minimum Gasteiger partial charge on any atom is -0.466 e. The Bertz CT molecular complexity index is 356. The second kappa shape index (κ2) is 5.33. The van der Waals surface area contributed by atoms with E-state index in [0.29, 0.717) is 5.46 Å². The fourth-order valence-corrected chi connectivity index (χ4v) is 1.01. The lowest BCUT2D eigenvalue weighted by Gasteiger charge is -1.99. The Morgan fingerprint density at radius 1 is 1.33 bits per heavy atom. The van der Waals surface area contributed by atoms with Gasteiger partial charge in [-0.2, -0.15) is 0 Å². The fraction of sp³-hybridized carbons (Fsp3) is 0.100. The molecule has 1 aromatic rings. The monoisotopic (exact) mass is 206 g/mol. The van der Waals surface area contributed by atoms with E-state index in [-0.39, 0.29) is 0 Å². The number of carbonyl (C=O) groups excluding carboxylic acids is 1. The lowest BCUT2D eigenvalue weighted by molar-refractivity contribution is -0.134. The maximum absolute atomic E-state index is 10.8. The largest absolute Gasteiger partial charge is 0.488 e. The first-order valence-corrected chi connectivity index (χ1v) is 4.35. The quantitative estimate of drug-likeness (QED) is 0.399. The van der Waals surface area contributed by atoms with E-state index in [1.807, 2.05) is 0 Å². The summed E-state index contributed by atoms with van der Waals surface area (Å²) >= 11 is 0. The zero-order valence-electron chi connectivity index (χ0n) is 8.25. The average molecular weight is 206 g/mol. The molecule has 4 nitrogen and oxygen atoms in total. The Morgan fingerprint density at radius 2 is 1.93 bits per heavy atom. The molecule has 0 saturated carbocycles. The third-order valence-corrected chi connectivity index (χ3v) is 1.85. The van der Waals surface area contributed by atoms with Crippen molar-refractivity contribution in [2.75, 3.05) is 7.11 Å². The van der Waals surface area contributed by atoms with Crippen LogP contribution >= 0.6 is 0 Å². The molecule has 5 heteroatoms. The lowest BCUT2D eigenvalue weighted by Crippen LogP contribution is -2.29. The van der Waals surface area contributed by atoms with E-state index in [1.54, 1.807) is 30.3 Å². The number of benzene rings is 1. The molecule has 0 saturated heterocycles. The van der Waals surface area contributed by atoms with E-state index < -0.39 is 13.1 Å². The Kier molecular flexibility index (Phi) is 4.09. The molecule has 78 valence electrons. The molecular formula is C10H11BO4. The van der Waals surface area contributed by atoms with Gasteiger partial charge in [-0.25, -0.2) is 4.79 Å². The van der Waals surface area contributed by atoms with Gasteiger partial charge in [0.15, 0.2) is 0 Å². The number of hydrogen-bond donors (Lipinski definition) is 2. The van der Waals surface area contributed by atoms with Gasteiger partial charge in [0.05, 0.1) is 7.11 Å². The van der Waals surface area contributed by atoms with Gasteiger partial charge in [-0.15, -0.1) is 0 Å². The van der Waals surface area contributed by atoms with Crippen LogP contribution in [0, 0.1) is 0 Å². The maximum atomic E-state index is 10.8. The number of ether oxygens (including phenoxy) is 1. The van der Waals surface area contributed by atoms with Crippen LogP contribution in [0.5, 0.6) is 0 Å². The van der Waals surface area contributed by atoms with Crippen molar-refractivity contribution in [2.24, 2.45) is 0 Å². The van der Waals surface area contributed by atoms with Crippen molar-refractivity contribution >= 4 is 24.6 Å². The number of hydrogen-bond acceptors (Lipinski definition) is 4. The van der Waals surface area contributed by atoms with Crippen LogP contribution < -0.4 is 5.46 Å². The van der Waals surface area contributed by atoms with E-state index in [9.17, 15) is 4.79 Å². The first kappa shape index (κ1) is 11.5. The predicted octanol–water partition coefficient (Wildman–Crippen LogP) is -0.447. The predicted molar refractivity (Wildman–Crippen MR) is 57.3 cm³/mol. The first-order valence-electron chi connectivity index (χ1n) is 4.35. The molecule has 1 aromatic carbocycles. The van der Waals surface area contributed by atoms with E-state index in [0.717, 1.165) is 5.56 Å². The molecule has 0 fully saturated rings. The second-order valence-electron chi connectivity index (χ2n) is 2.90. The number of carbonyl (C=O) groups is 1. The van der Waals surface area contributed by atoms with Gasteiger partial charge in [0.2, 0.25) is 0 Å². The van der Waals surface area contributed by atoms with Gasteiger partial charge < -0.3 is 14.8 Å². The van der Waals surface area contributed by atoms with Gasteiger partial charge in [0, 0.05) is 6.08 Å². The van der Waals surface area contributed by atoms with Crippen LogP contribution in [0.15, 0.2) is 30.3 Å². The fourth-order valence-electron chi connectivity index (χ4n) is 1.01. The number of rotatable bonds is 3. The van der Waals surface area contributed by atoms with Crippen molar-refractivity contribution in [3.63, 3.8) is 0 Å². The summed E-state index contributed by atoms with van der Waals surface area (Å²) in [5, 5.41) is 17.7. The molecular weight excluding hydrogens is 195 g/mol. The van der Waals surface area contributed by atoms with Crippen LogP contribution in [0.1, 0.15) is 5.56 Å². The Balaban J connectivity index is 2.72. The molecule has 0 aromatic heterocycles. The van der Waals surface area contributed by atoms with Gasteiger partial charge in [0.1, 0.15) is 0 Å².